The van der Waals surface area contributed by atoms with Gasteiger partial charge in [0.25, 0.3) is 0 Å². The maximum absolute atomic E-state index is 12.7. The van der Waals surface area contributed by atoms with E-state index in [2.05, 4.69) is 9.97 Å². The molecule has 0 aliphatic rings. The van der Waals surface area contributed by atoms with Crippen LogP contribution in [0.25, 0.3) is 17.1 Å². The molecule has 0 saturated heterocycles. The van der Waals surface area contributed by atoms with Gasteiger partial charge in [0, 0.05) is 6.07 Å². The van der Waals surface area contributed by atoms with Gasteiger partial charge in [-0.25, -0.2) is 9.59 Å². The molecule has 0 atom stereocenters. The minimum absolute atomic E-state index is 0.137. The molecule has 3 aromatic rings. The van der Waals surface area contributed by atoms with Crippen LogP contribution in [0.2, 0.25) is 0 Å². The van der Waals surface area contributed by atoms with E-state index in [1.54, 1.807) is 32.0 Å². The standard InChI is InChI=1S/C21H20N3O4/c1-3-27-19(25)17-13-16(15-9-6-5-7-10-15)14-18(20(26)28-4-2)24(17)21-22-11-8-12-23-21/h5-14H,3-4H2,1-2H3/q+1. The highest BCUT2D eigenvalue weighted by Gasteiger charge is 2.29. The summed E-state index contributed by atoms with van der Waals surface area (Å²) < 4.78 is 11.8. The highest BCUT2D eigenvalue weighted by atomic mass is 16.5. The molecule has 0 aliphatic carbocycles. The van der Waals surface area contributed by atoms with Crippen LogP contribution in [0, 0.1) is 0 Å². The van der Waals surface area contributed by atoms with Crippen molar-refractivity contribution in [2.24, 2.45) is 0 Å². The van der Waals surface area contributed by atoms with Crippen LogP contribution in [0.4, 0.5) is 0 Å². The molecular formula is C21H20N3O4+. The van der Waals surface area contributed by atoms with E-state index in [-0.39, 0.29) is 30.5 Å². The van der Waals surface area contributed by atoms with Crippen molar-refractivity contribution >= 4 is 11.9 Å². The average Bonchev–Trinajstić information content (AvgIpc) is 2.74. The fourth-order valence-electron chi connectivity index (χ4n) is 2.73. The minimum atomic E-state index is -0.585. The molecule has 0 bridgehead atoms. The van der Waals surface area contributed by atoms with Gasteiger partial charge in [-0.1, -0.05) is 40.3 Å². The van der Waals surface area contributed by atoms with Gasteiger partial charge in [-0.15, -0.1) is 0 Å². The van der Waals surface area contributed by atoms with Gasteiger partial charge in [-0.3, -0.25) is 0 Å². The molecule has 0 amide bonds. The van der Waals surface area contributed by atoms with Crippen LogP contribution in [0.15, 0.2) is 60.9 Å². The van der Waals surface area contributed by atoms with Crippen molar-refractivity contribution in [3.8, 4) is 17.1 Å². The SMILES string of the molecule is CCOC(=O)c1cc(-c2ccccc2)cc(C(=O)OCC)[n+]1-c1ncccn1. The highest BCUT2D eigenvalue weighted by Crippen LogP contribution is 2.21. The predicted octanol–water partition coefficient (Wildman–Crippen LogP) is 2.77. The van der Waals surface area contributed by atoms with E-state index in [0.29, 0.717) is 5.56 Å². The van der Waals surface area contributed by atoms with E-state index < -0.39 is 11.9 Å². The molecule has 0 N–H and O–H groups in total. The summed E-state index contributed by atoms with van der Waals surface area (Å²) in [6.45, 7) is 3.82. The monoisotopic (exact) mass is 378 g/mol. The lowest BCUT2D eigenvalue weighted by atomic mass is 10.0. The topological polar surface area (TPSA) is 82.3 Å². The Labute approximate surface area is 162 Å². The molecule has 0 saturated carbocycles. The number of carbonyl (C=O) groups is 2. The molecule has 0 aliphatic heterocycles. The van der Waals surface area contributed by atoms with Crippen molar-refractivity contribution in [3.05, 3.63) is 72.3 Å². The maximum Gasteiger partial charge on any atom is 0.438 e. The lowest BCUT2D eigenvalue weighted by Crippen LogP contribution is -2.46. The Morgan fingerprint density at radius 3 is 1.86 bits per heavy atom. The van der Waals surface area contributed by atoms with Crippen molar-refractivity contribution in [1.29, 1.82) is 0 Å². The summed E-state index contributed by atoms with van der Waals surface area (Å²) in [5.74, 6) is -0.996. The first kappa shape index (κ1) is 19.2. The normalized spacial score (nSPS) is 10.4. The third kappa shape index (κ3) is 4.03. The van der Waals surface area contributed by atoms with Gasteiger partial charge in [0.05, 0.1) is 13.2 Å². The summed E-state index contributed by atoms with van der Waals surface area (Å²) in [6, 6.07) is 14.4. The zero-order valence-corrected chi connectivity index (χ0v) is 15.7. The Balaban J connectivity index is 2.31. The molecule has 2 aromatic heterocycles. The van der Waals surface area contributed by atoms with Crippen molar-refractivity contribution < 1.29 is 23.6 Å². The zero-order valence-electron chi connectivity index (χ0n) is 15.7. The number of hydrogen-bond acceptors (Lipinski definition) is 6. The molecule has 7 nitrogen and oxygen atoms in total. The van der Waals surface area contributed by atoms with Crippen LogP contribution in [-0.4, -0.2) is 35.1 Å². The van der Waals surface area contributed by atoms with Crippen LogP contribution in [0.3, 0.4) is 0 Å². The molecule has 2 heterocycles. The van der Waals surface area contributed by atoms with E-state index in [9.17, 15) is 9.59 Å². The average molecular weight is 378 g/mol. The van der Waals surface area contributed by atoms with Crippen LogP contribution in [0.5, 0.6) is 0 Å². The fraction of sp³-hybridized carbons (Fsp3) is 0.190. The minimum Gasteiger partial charge on any atom is -0.460 e. The fourth-order valence-corrected chi connectivity index (χ4v) is 2.73. The maximum atomic E-state index is 12.7. The Morgan fingerprint density at radius 1 is 0.821 bits per heavy atom. The molecule has 0 radical (unpaired) electrons. The van der Waals surface area contributed by atoms with E-state index in [1.165, 1.54) is 17.0 Å². The van der Waals surface area contributed by atoms with E-state index >= 15 is 0 Å². The van der Waals surface area contributed by atoms with Gasteiger partial charge in [-0.05, 0) is 37.1 Å². The lowest BCUT2D eigenvalue weighted by molar-refractivity contribution is -0.609. The summed E-state index contributed by atoms with van der Waals surface area (Å²) >= 11 is 0. The second kappa shape index (κ2) is 8.85. The number of pyridine rings is 1. The summed E-state index contributed by atoms with van der Waals surface area (Å²) in [6.07, 6.45) is 3.06. The van der Waals surface area contributed by atoms with Gasteiger partial charge in [0.15, 0.2) is 11.4 Å². The number of benzene rings is 1. The Hall–Kier alpha value is -3.61. The molecule has 3 rings (SSSR count). The Morgan fingerprint density at radius 2 is 1.36 bits per heavy atom. The zero-order chi connectivity index (χ0) is 19.9. The number of aromatic nitrogens is 3. The van der Waals surface area contributed by atoms with Gasteiger partial charge < -0.3 is 9.47 Å². The van der Waals surface area contributed by atoms with E-state index in [4.69, 9.17) is 9.47 Å². The van der Waals surface area contributed by atoms with Gasteiger partial charge in [0.2, 0.25) is 0 Å². The first-order chi connectivity index (χ1) is 13.7. The molecule has 142 valence electrons. The van der Waals surface area contributed by atoms with E-state index in [0.717, 1.165) is 5.56 Å². The van der Waals surface area contributed by atoms with Crippen LogP contribution < -0.4 is 4.57 Å². The summed E-state index contributed by atoms with van der Waals surface area (Å²) in [5.41, 5.74) is 1.80. The van der Waals surface area contributed by atoms with E-state index in [1.807, 2.05) is 30.3 Å². The predicted molar refractivity (Wildman–Crippen MR) is 101 cm³/mol. The van der Waals surface area contributed by atoms with Crippen LogP contribution >= 0.6 is 0 Å². The summed E-state index contributed by atoms with van der Waals surface area (Å²) in [5, 5.41) is 0. The molecule has 7 heteroatoms. The number of nitrogens with zero attached hydrogens (tertiary/aromatic N) is 3. The van der Waals surface area contributed by atoms with Crippen molar-refractivity contribution in [3.63, 3.8) is 0 Å². The second-order valence-electron chi connectivity index (χ2n) is 5.71. The Kier molecular flexibility index (Phi) is 6.06. The first-order valence-electron chi connectivity index (χ1n) is 8.92. The first-order valence-corrected chi connectivity index (χ1v) is 8.92. The van der Waals surface area contributed by atoms with Crippen LogP contribution in [-0.2, 0) is 9.47 Å². The van der Waals surface area contributed by atoms with Gasteiger partial charge in [0.1, 0.15) is 12.4 Å². The smallest absolute Gasteiger partial charge is 0.438 e. The molecule has 0 unspecified atom stereocenters. The van der Waals surface area contributed by atoms with Crippen molar-refractivity contribution in [2.75, 3.05) is 13.2 Å². The van der Waals surface area contributed by atoms with Gasteiger partial charge >= 0.3 is 17.9 Å². The van der Waals surface area contributed by atoms with Crippen molar-refractivity contribution in [2.45, 2.75) is 13.8 Å². The molecule has 0 spiro atoms. The number of carbonyl (C=O) groups excluding carboxylic acids is 2. The highest BCUT2D eigenvalue weighted by molar-refractivity contribution is 5.91. The van der Waals surface area contributed by atoms with Crippen molar-refractivity contribution in [1.82, 2.24) is 9.97 Å². The number of rotatable bonds is 6. The number of hydrogen-bond donors (Lipinski definition) is 0. The Bertz CT molecular complexity index is 936. The number of esters is 2. The summed E-state index contributed by atoms with van der Waals surface area (Å²) in [4.78, 5) is 33.8. The number of ether oxygens (including phenoxy) is 2. The molecule has 0 fully saturated rings. The lowest BCUT2D eigenvalue weighted by Gasteiger charge is -2.13. The third-order valence-electron chi connectivity index (χ3n) is 3.89. The second-order valence-corrected chi connectivity index (χ2v) is 5.71. The summed E-state index contributed by atoms with van der Waals surface area (Å²) in [7, 11) is 0. The molecular weight excluding hydrogens is 358 g/mol. The largest absolute Gasteiger partial charge is 0.460 e. The third-order valence-corrected chi connectivity index (χ3v) is 3.89. The van der Waals surface area contributed by atoms with Gasteiger partial charge in [-0.2, -0.15) is 4.57 Å². The molecule has 28 heavy (non-hydrogen) atoms. The quantitative estimate of drug-likeness (QED) is 0.485. The molecule has 1 aromatic carbocycles. The van der Waals surface area contributed by atoms with Crippen LogP contribution in [0.1, 0.15) is 34.8 Å².